The normalized spacial score (nSPS) is 22.6. The molecule has 2 aromatic carbocycles. The second-order valence-corrected chi connectivity index (χ2v) is 10.9. The summed E-state index contributed by atoms with van der Waals surface area (Å²) in [6, 6.07) is 12.1. The number of hydrogen-bond donors (Lipinski definition) is 0. The molecule has 2 aliphatic heterocycles. The lowest BCUT2D eigenvalue weighted by atomic mass is 10.1. The Morgan fingerprint density at radius 3 is 2.41 bits per heavy atom. The number of amidine groups is 1. The van der Waals surface area contributed by atoms with Gasteiger partial charge in [0, 0.05) is 17.4 Å². The molecule has 0 radical (unpaired) electrons. The van der Waals surface area contributed by atoms with E-state index in [-0.39, 0.29) is 28.7 Å². The zero-order valence-electron chi connectivity index (χ0n) is 18.0. The highest BCUT2D eigenvalue weighted by atomic mass is 32.2. The van der Waals surface area contributed by atoms with E-state index in [2.05, 4.69) is 4.99 Å². The Morgan fingerprint density at radius 1 is 1.03 bits per heavy atom. The number of benzene rings is 2. The standard InChI is InChI=1S/C22H24N2O6S2/c1-28-16-7-5-15(6-8-16)21(25)23-22-24(17-12-32(26,27)13-20(17)31-22)11-14-4-9-18(29-2)19(10-14)30-3/h4-10,17,20H,11-13H2,1-3H3/t17-,20+/m1/s1. The lowest BCUT2D eigenvalue weighted by molar-refractivity contribution is 0.100. The predicted molar refractivity (Wildman–Crippen MR) is 124 cm³/mol. The molecule has 2 heterocycles. The Labute approximate surface area is 191 Å². The van der Waals surface area contributed by atoms with Gasteiger partial charge >= 0.3 is 0 Å². The lowest BCUT2D eigenvalue weighted by Gasteiger charge is -2.25. The molecule has 170 valence electrons. The van der Waals surface area contributed by atoms with E-state index in [1.807, 2.05) is 17.0 Å². The zero-order chi connectivity index (χ0) is 22.9. The van der Waals surface area contributed by atoms with Gasteiger partial charge in [0.15, 0.2) is 26.5 Å². The van der Waals surface area contributed by atoms with Gasteiger partial charge in [0.2, 0.25) is 0 Å². The van der Waals surface area contributed by atoms with Crippen molar-refractivity contribution in [3.8, 4) is 17.2 Å². The average molecular weight is 477 g/mol. The Hall–Kier alpha value is -2.72. The number of thioether (sulfide) groups is 1. The maximum atomic E-state index is 12.8. The molecular weight excluding hydrogens is 452 g/mol. The Morgan fingerprint density at radius 2 is 1.75 bits per heavy atom. The molecule has 1 amide bonds. The summed E-state index contributed by atoms with van der Waals surface area (Å²) in [5, 5.41) is 0.382. The first-order valence-corrected chi connectivity index (χ1v) is 12.7. The second-order valence-electron chi connectivity index (χ2n) is 7.55. The number of amides is 1. The van der Waals surface area contributed by atoms with E-state index in [1.54, 1.807) is 51.7 Å². The van der Waals surface area contributed by atoms with Crippen LogP contribution in [0.4, 0.5) is 0 Å². The van der Waals surface area contributed by atoms with Gasteiger partial charge in [-0.05, 0) is 42.0 Å². The summed E-state index contributed by atoms with van der Waals surface area (Å²) in [4.78, 5) is 19.1. The fourth-order valence-electron chi connectivity index (χ4n) is 3.88. The van der Waals surface area contributed by atoms with Crippen LogP contribution in [0.1, 0.15) is 15.9 Å². The summed E-state index contributed by atoms with van der Waals surface area (Å²) in [6.45, 7) is 0.402. The van der Waals surface area contributed by atoms with E-state index in [0.29, 0.717) is 34.5 Å². The molecule has 0 saturated carbocycles. The molecule has 2 fully saturated rings. The monoisotopic (exact) mass is 476 g/mol. The van der Waals surface area contributed by atoms with Crippen LogP contribution in [0.5, 0.6) is 17.2 Å². The average Bonchev–Trinajstić information content (AvgIpc) is 3.25. The fraction of sp³-hybridized carbons (Fsp3) is 0.364. The molecule has 10 heteroatoms. The van der Waals surface area contributed by atoms with Crippen molar-refractivity contribution >= 4 is 32.7 Å². The molecule has 8 nitrogen and oxygen atoms in total. The number of nitrogens with zero attached hydrogens (tertiary/aromatic N) is 2. The van der Waals surface area contributed by atoms with Crippen molar-refractivity contribution in [1.82, 2.24) is 4.90 Å². The topological polar surface area (TPSA) is 94.5 Å². The zero-order valence-corrected chi connectivity index (χ0v) is 19.6. The van der Waals surface area contributed by atoms with Gasteiger partial charge < -0.3 is 19.1 Å². The highest BCUT2D eigenvalue weighted by molar-refractivity contribution is 8.15. The van der Waals surface area contributed by atoms with Crippen molar-refractivity contribution in [1.29, 1.82) is 0 Å². The third-order valence-electron chi connectivity index (χ3n) is 5.51. The van der Waals surface area contributed by atoms with E-state index in [4.69, 9.17) is 14.2 Å². The maximum Gasteiger partial charge on any atom is 0.279 e. The number of carbonyl (C=O) groups excluding carboxylic acids is 1. The first kappa shape index (κ1) is 22.5. The SMILES string of the molecule is COc1ccc(C(=O)N=C2S[C@H]3CS(=O)(=O)C[C@H]3N2Cc2ccc(OC)c(OC)c2)cc1. The van der Waals surface area contributed by atoms with Gasteiger partial charge in [0.1, 0.15) is 5.75 Å². The van der Waals surface area contributed by atoms with Crippen LogP contribution in [0.2, 0.25) is 0 Å². The Balaban J connectivity index is 1.63. The lowest BCUT2D eigenvalue weighted by Crippen LogP contribution is -2.37. The van der Waals surface area contributed by atoms with E-state index in [0.717, 1.165) is 5.56 Å². The minimum atomic E-state index is -3.13. The molecule has 32 heavy (non-hydrogen) atoms. The van der Waals surface area contributed by atoms with Crippen LogP contribution >= 0.6 is 11.8 Å². The molecule has 2 aliphatic rings. The molecule has 0 unspecified atom stereocenters. The highest BCUT2D eigenvalue weighted by Gasteiger charge is 2.48. The van der Waals surface area contributed by atoms with E-state index < -0.39 is 9.84 Å². The molecule has 0 aliphatic carbocycles. The van der Waals surface area contributed by atoms with Crippen molar-refractivity contribution < 1.29 is 27.4 Å². The summed E-state index contributed by atoms with van der Waals surface area (Å²) in [5.74, 6) is 1.60. The van der Waals surface area contributed by atoms with Gasteiger partial charge in [-0.3, -0.25) is 4.79 Å². The second kappa shape index (κ2) is 9.03. The summed E-state index contributed by atoms with van der Waals surface area (Å²) >= 11 is 1.35. The first-order chi connectivity index (χ1) is 15.3. The van der Waals surface area contributed by atoms with Crippen LogP contribution in [0.15, 0.2) is 47.5 Å². The number of hydrogen-bond acceptors (Lipinski definition) is 7. The smallest absolute Gasteiger partial charge is 0.279 e. The third-order valence-corrected chi connectivity index (χ3v) is 8.76. The Kier molecular flexibility index (Phi) is 6.34. The molecule has 2 saturated heterocycles. The van der Waals surface area contributed by atoms with Crippen molar-refractivity contribution in [2.24, 2.45) is 4.99 Å². The largest absolute Gasteiger partial charge is 0.497 e. The van der Waals surface area contributed by atoms with Crippen molar-refractivity contribution in [2.75, 3.05) is 32.8 Å². The third kappa shape index (κ3) is 4.56. The molecule has 0 spiro atoms. The first-order valence-electron chi connectivity index (χ1n) is 9.95. The quantitative estimate of drug-likeness (QED) is 0.628. The number of carbonyl (C=O) groups is 1. The van der Waals surface area contributed by atoms with Crippen molar-refractivity contribution in [2.45, 2.75) is 17.8 Å². The van der Waals surface area contributed by atoms with Gasteiger partial charge in [0.25, 0.3) is 5.91 Å². The van der Waals surface area contributed by atoms with Crippen molar-refractivity contribution in [3.63, 3.8) is 0 Å². The summed E-state index contributed by atoms with van der Waals surface area (Å²) in [6.07, 6.45) is 0. The number of rotatable bonds is 6. The van der Waals surface area contributed by atoms with Crippen LogP contribution < -0.4 is 14.2 Å². The molecule has 0 aromatic heterocycles. The van der Waals surface area contributed by atoms with E-state index in [1.165, 1.54) is 11.8 Å². The minimum absolute atomic E-state index is 0.0493. The van der Waals surface area contributed by atoms with Gasteiger partial charge in [0.05, 0.1) is 38.9 Å². The van der Waals surface area contributed by atoms with Crippen molar-refractivity contribution in [3.05, 3.63) is 53.6 Å². The molecule has 0 N–H and O–H groups in total. The number of sulfone groups is 1. The number of ether oxygens (including phenoxy) is 3. The van der Waals surface area contributed by atoms with Gasteiger partial charge in [-0.25, -0.2) is 8.42 Å². The molecule has 2 aromatic rings. The molecular formula is C22H24N2O6S2. The number of aliphatic imine (C=N–C) groups is 1. The van der Waals surface area contributed by atoms with Crippen LogP contribution in [-0.4, -0.2) is 68.5 Å². The van der Waals surface area contributed by atoms with E-state index in [9.17, 15) is 13.2 Å². The molecule has 2 atom stereocenters. The fourth-order valence-corrected chi connectivity index (χ4v) is 7.83. The summed E-state index contributed by atoms with van der Waals surface area (Å²) in [7, 11) is 1.56. The summed E-state index contributed by atoms with van der Waals surface area (Å²) in [5.41, 5.74) is 1.34. The maximum absolute atomic E-state index is 12.8. The van der Waals surface area contributed by atoms with Crippen LogP contribution in [0.3, 0.4) is 0 Å². The van der Waals surface area contributed by atoms with Crippen LogP contribution in [0, 0.1) is 0 Å². The highest BCUT2D eigenvalue weighted by Crippen LogP contribution is 2.40. The molecule has 4 rings (SSSR count). The van der Waals surface area contributed by atoms with Crippen LogP contribution in [-0.2, 0) is 16.4 Å². The van der Waals surface area contributed by atoms with Crippen LogP contribution in [0.25, 0.3) is 0 Å². The van der Waals surface area contributed by atoms with Gasteiger partial charge in [-0.15, -0.1) is 0 Å². The predicted octanol–water partition coefficient (Wildman–Crippen LogP) is 2.62. The van der Waals surface area contributed by atoms with E-state index >= 15 is 0 Å². The van der Waals surface area contributed by atoms with Gasteiger partial charge in [-0.2, -0.15) is 4.99 Å². The minimum Gasteiger partial charge on any atom is -0.497 e. The Bertz CT molecular complexity index is 1150. The molecule has 0 bridgehead atoms. The summed E-state index contributed by atoms with van der Waals surface area (Å²) < 4.78 is 40.3. The number of methoxy groups -OCH3 is 3. The van der Waals surface area contributed by atoms with Gasteiger partial charge in [-0.1, -0.05) is 17.8 Å². The number of fused-ring (bicyclic) bond motifs is 1.